The van der Waals surface area contributed by atoms with Gasteiger partial charge in [0.25, 0.3) is 0 Å². The molecule has 0 saturated carbocycles. The SMILES string of the molecule is c1ccc([C@@H]2NC3=NCN(Cc4cccnc4)CN3c3nc4ccccc4n32)nc1. The first-order chi connectivity index (χ1) is 14.9. The highest BCUT2D eigenvalue weighted by atomic mass is 15.5. The zero-order valence-corrected chi connectivity index (χ0v) is 16.3. The van der Waals surface area contributed by atoms with Crippen LogP contribution >= 0.6 is 0 Å². The van der Waals surface area contributed by atoms with Crippen molar-refractivity contribution in [2.45, 2.75) is 12.7 Å². The third kappa shape index (κ3) is 2.81. The lowest BCUT2D eigenvalue weighted by atomic mass is 10.2. The Balaban J connectivity index is 1.42. The molecule has 1 aromatic carbocycles. The Hall–Kier alpha value is -3.78. The summed E-state index contributed by atoms with van der Waals surface area (Å²) in [5.74, 6) is 1.70. The highest BCUT2D eigenvalue weighted by Gasteiger charge is 2.36. The number of benzene rings is 1. The topological polar surface area (TPSA) is 74.5 Å². The molecule has 1 N–H and O–H groups in total. The van der Waals surface area contributed by atoms with Gasteiger partial charge >= 0.3 is 0 Å². The van der Waals surface area contributed by atoms with Crippen molar-refractivity contribution in [1.29, 1.82) is 0 Å². The maximum atomic E-state index is 4.96. The van der Waals surface area contributed by atoms with Crippen LogP contribution in [0.2, 0.25) is 0 Å². The van der Waals surface area contributed by atoms with Gasteiger partial charge in [-0.1, -0.05) is 24.3 Å². The van der Waals surface area contributed by atoms with Gasteiger partial charge in [-0.15, -0.1) is 0 Å². The quantitative estimate of drug-likeness (QED) is 0.574. The smallest absolute Gasteiger partial charge is 0.216 e. The van der Waals surface area contributed by atoms with Gasteiger partial charge in [0, 0.05) is 25.1 Å². The lowest BCUT2D eigenvalue weighted by Gasteiger charge is -2.41. The lowest BCUT2D eigenvalue weighted by Crippen LogP contribution is -2.57. The number of pyridine rings is 2. The maximum absolute atomic E-state index is 4.96. The first-order valence-electron chi connectivity index (χ1n) is 9.94. The molecule has 3 aromatic heterocycles. The van der Waals surface area contributed by atoms with E-state index in [1.54, 1.807) is 6.20 Å². The van der Waals surface area contributed by atoms with E-state index >= 15 is 0 Å². The van der Waals surface area contributed by atoms with Crippen LogP contribution in [0.4, 0.5) is 5.95 Å². The van der Waals surface area contributed by atoms with Crippen molar-refractivity contribution in [3.63, 3.8) is 0 Å². The molecule has 8 nitrogen and oxygen atoms in total. The molecule has 0 spiro atoms. The van der Waals surface area contributed by atoms with Gasteiger partial charge in [-0.3, -0.25) is 24.3 Å². The van der Waals surface area contributed by atoms with Gasteiger partial charge < -0.3 is 5.32 Å². The van der Waals surface area contributed by atoms with Crippen molar-refractivity contribution >= 4 is 22.9 Å². The molecule has 6 rings (SSSR count). The number of hydrogen-bond acceptors (Lipinski definition) is 7. The average Bonchev–Trinajstić information content (AvgIpc) is 3.20. The molecule has 4 aromatic rings. The predicted molar refractivity (Wildman–Crippen MR) is 115 cm³/mol. The number of para-hydroxylation sites is 2. The number of aromatic nitrogens is 4. The van der Waals surface area contributed by atoms with E-state index in [-0.39, 0.29) is 6.17 Å². The van der Waals surface area contributed by atoms with E-state index in [9.17, 15) is 0 Å². The van der Waals surface area contributed by atoms with Crippen LogP contribution in [0.1, 0.15) is 17.4 Å². The van der Waals surface area contributed by atoms with Gasteiger partial charge in [-0.2, -0.15) is 0 Å². The summed E-state index contributed by atoms with van der Waals surface area (Å²) < 4.78 is 2.21. The molecule has 8 heteroatoms. The first-order valence-corrected chi connectivity index (χ1v) is 9.94. The number of fused-ring (bicyclic) bond motifs is 5. The number of guanidine groups is 1. The molecular formula is C22H20N8. The highest BCUT2D eigenvalue weighted by molar-refractivity contribution is 5.98. The fourth-order valence-corrected chi connectivity index (χ4v) is 4.10. The standard InChI is InChI=1S/C22H20N8/c1-2-9-19-17(7-1)26-22-29-15-28(13-16-6-5-10-23-12-16)14-25-21(29)27-20(30(19)22)18-8-3-4-11-24-18/h1-12,20H,13-15H2,(H,25,27)/t20-/m1/s1. The van der Waals surface area contributed by atoms with Crippen LogP contribution in [0.5, 0.6) is 0 Å². The van der Waals surface area contributed by atoms with Crippen LogP contribution < -0.4 is 10.2 Å². The second kappa shape index (κ2) is 6.93. The Bertz CT molecular complexity index is 1220. The molecule has 2 aliphatic heterocycles. The van der Waals surface area contributed by atoms with Crippen LogP contribution in [0.25, 0.3) is 11.0 Å². The number of nitrogens with one attached hydrogen (secondary N) is 1. The molecule has 5 heterocycles. The second-order valence-electron chi connectivity index (χ2n) is 7.45. The summed E-state index contributed by atoms with van der Waals surface area (Å²) in [6.45, 7) is 2.09. The zero-order valence-electron chi connectivity index (χ0n) is 16.3. The summed E-state index contributed by atoms with van der Waals surface area (Å²) in [5, 5.41) is 3.59. The number of anilines is 1. The van der Waals surface area contributed by atoms with Gasteiger partial charge in [0.05, 0.1) is 30.1 Å². The summed E-state index contributed by atoms with van der Waals surface area (Å²) in [7, 11) is 0. The van der Waals surface area contributed by atoms with E-state index in [0.717, 1.165) is 35.2 Å². The van der Waals surface area contributed by atoms with Gasteiger partial charge in [-0.25, -0.2) is 9.98 Å². The number of aliphatic imine (C=N–C) groups is 1. The monoisotopic (exact) mass is 396 g/mol. The Labute approximate surface area is 173 Å². The summed E-state index contributed by atoms with van der Waals surface area (Å²) in [4.78, 5) is 23.0. The molecule has 0 radical (unpaired) electrons. The van der Waals surface area contributed by atoms with E-state index in [4.69, 9.17) is 9.98 Å². The zero-order chi connectivity index (χ0) is 19.9. The van der Waals surface area contributed by atoms with Gasteiger partial charge in [-0.05, 0) is 35.9 Å². The fraction of sp³-hybridized carbons (Fsp3) is 0.182. The van der Waals surface area contributed by atoms with Crippen LogP contribution in [0, 0.1) is 0 Å². The minimum Gasteiger partial charge on any atom is -0.330 e. The molecule has 0 saturated heterocycles. The Kier molecular flexibility index (Phi) is 3.95. The van der Waals surface area contributed by atoms with Gasteiger partial charge in [0.15, 0.2) is 6.17 Å². The van der Waals surface area contributed by atoms with Crippen molar-refractivity contribution in [3.8, 4) is 0 Å². The van der Waals surface area contributed by atoms with Crippen molar-refractivity contribution in [3.05, 3.63) is 84.4 Å². The molecule has 0 amide bonds. The third-order valence-corrected chi connectivity index (χ3v) is 5.46. The number of imidazole rings is 1. The average molecular weight is 396 g/mol. The fourth-order valence-electron chi connectivity index (χ4n) is 4.10. The normalized spacial score (nSPS) is 18.5. The van der Waals surface area contributed by atoms with Crippen molar-refractivity contribution < 1.29 is 0 Å². The Morgan fingerprint density at radius 3 is 2.80 bits per heavy atom. The minimum atomic E-state index is -0.159. The summed E-state index contributed by atoms with van der Waals surface area (Å²) in [5.41, 5.74) is 4.13. The Morgan fingerprint density at radius 2 is 1.93 bits per heavy atom. The van der Waals surface area contributed by atoms with Crippen LogP contribution in [-0.2, 0) is 6.54 Å². The van der Waals surface area contributed by atoms with E-state index in [0.29, 0.717) is 13.3 Å². The number of nitrogens with zero attached hydrogens (tertiary/aromatic N) is 7. The van der Waals surface area contributed by atoms with Crippen LogP contribution in [-0.4, -0.2) is 43.7 Å². The largest absolute Gasteiger partial charge is 0.330 e. The number of hydrogen-bond donors (Lipinski definition) is 1. The van der Waals surface area contributed by atoms with E-state index in [2.05, 4.69) is 41.8 Å². The van der Waals surface area contributed by atoms with Crippen LogP contribution in [0.3, 0.4) is 0 Å². The molecule has 0 fully saturated rings. The first kappa shape index (κ1) is 17.1. The number of rotatable bonds is 3. The second-order valence-corrected chi connectivity index (χ2v) is 7.45. The van der Waals surface area contributed by atoms with Gasteiger partial charge in [0.1, 0.15) is 0 Å². The molecule has 0 aliphatic carbocycles. The van der Waals surface area contributed by atoms with E-state index in [1.165, 1.54) is 5.56 Å². The maximum Gasteiger partial charge on any atom is 0.216 e. The van der Waals surface area contributed by atoms with Crippen molar-refractivity contribution in [2.75, 3.05) is 18.2 Å². The molecule has 2 aliphatic rings. The summed E-state index contributed by atoms with van der Waals surface area (Å²) in [6, 6.07) is 18.2. The molecule has 1 atom stereocenters. The molecular weight excluding hydrogens is 376 g/mol. The third-order valence-electron chi connectivity index (χ3n) is 5.46. The molecule has 148 valence electrons. The van der Waals surface area contributed by atoms with Crippen molar-refractivity contribution in [1.82, 2.24) is 29.7 Å². The summed E-state index contributed by atoms with van der Waals surface area (Å²) >= 11 is 0. The summed E-state index contributed by atoms with van der Waals surface area (Å²) in [6.07, 6.45) is 5.36. The lowest BCUT2D eigenvalue weighted by molar-refractivity contribution is 0.263. The minimum absolute atomic E-state index is 0.159. The van der Waals surface area contributed by atoms with Gasteiger partial charge in [0.2, 0.25) is 11.9 Å². The van der Waals surface area contributed by atoms with E-state index in [1.807, 2.05) is 54.9 Å². The highest BCUT2D eigenvalue weighted by Crippen LogP contribution is 2.33. The van der Waals surface area contributed by atoms with Crippen molar-refractivity contribution in [2.24, 2.45) is 4.99 Å². The molecule has 0 unspecified atom stereocenters. The van der Waals surface area contributed by atoms with E-state index < -0.39 is 0 Å². The van der Waals surface area contributed by atoms with Crippen LogP contribution in [0.15, 0.2) is 78.2 Å². The predicted octanol–water partition coefficient (Wildman–Crippen LogP) is 2.57. The molecule has 30 heavy (non-hydrogen) atoms. The molecule has 0 bridgehead atoms. The Morgan fingerprint density at radius 1 is 1.00 bits per heavy atom.